The molecule has 0 amide bonds. The summed E-state index contributed by atoms with van der Waals surface area (Å²) in [5.74, 6) is 0.107. The van der Waals surface area contributed by atoms with Crippen LogP contribution in [0, 0.1) is 0 Å². The number of nitrogens with one attached hydrogen (secondary N) is 1. The lowest BCUT2D eigenvalue weighted by Gasteiger charge is -2.13. The molecule has 0 saturated carbocycles. The van der Waals surface area contributed by atoms with Gasteiger partial charge in [-0.1, -0.05) is 0 Å². The van der Waals surface area contributed by atoms with Gasteiger partial charge in [0.05, 0.1) is 12.8 Å². The number of nitrogen functional groups attached to an aromatic ring is 1. The molecule has 6 heteroatoms. The van der Waals surface area contributed by atoms with Crippen molar-refractivity contribution in [3.63, 3.8) is 0 Å². The Labute approximate surface area is 96.1 Å². The summed E-state index contributed by atoms with van der Waals surface area (Å²) in [6.07, 6.45) is 1.60. The lowest BCUT2D eigenvalue weighted by atomic mass is 10.3. The molecule has 3 N–H and O–H groups in total. The summed E-state index contributed by atoms with van der Waals surface area (Å²) in [7, 11) is 1.33. The van der Waals surface area contributed by atoms with E-state index in [9.17, 15) is 4.79 Å². The number of hydrogen-bond donors (Lipinski definition) is 2. The largest absolute Gasteiger partial charge is 0.467 e. The van der Waals surface area contributed by atoms with Crippen molar-refractivity contribution in [3.05, 3.63) is 16.7 Å². The third-order valence-electron chi connectivity index (χ3n) is 1.79. The van der Waals surface area contributed by atoms with E-state index in [4.69, 9.17) is 5.73 Å². The van der Waals surface area contributed by atoms with Crippen molar-refractivity contribution < 1.29 is 9.53 Å². The van der Waals surface area contributed by atoms with E-state index in [1.54, 1.807) is 19.2 Å². The first-order valence-electron chi connectivity index (χ1n) is 4.30. The van der Waals surface area contributed by atoms with Gasteiger partial charge in [0.25, 0.3) is 0 Å². The van der Waals surface area contributed by atoms with Gasteiger partial charge in [-0.05, 0) is 28.9 Å². The number of nitrogens with two attached hydrogens (primary N) is 1. The van der Waals surface area contributed by atoms with E-state index in [0.717, 1.165) is 4.47 Å². The van der Waals surface area contributed by atoms with Gasteiger partial charge in [-0.3, -0.25) is 0 Å². The number of rotatable bonds is 3. The van der Waals surface area contributed by atoms with Gasteiger partial charge in [-0.15, -0.1) is 0 Å². The summed E-state index contributed by atoms with van der Waals surface area (Å²) < 4.78 is 5.36. The quantitative estimate of drug-likeness (QED) is 0.815. The maximum Gasteiger partial charge on any atom is 0.328 e. The van der Waals surface area contributed by atoms with Crippen molar-refractivity contribution in [1.29, 1.82) is 0 Å². The first-order chi connectivity index (χ1) is 7.04. The van der Waals surface area contributed by atoms with E-state index in [2.05, 4.69) is 31.0 Å². The molecule has 0 radical (unpaired) electrons. The van der Waals surface area contributed by atoms with E-state index in [1.165, 1.54) is 7.11 Å². The summed E-state index contributed by atoms with van der Waals surface area (Å²) in [6.45, 7) is 1.68. The topological polar surface area (TPSA) is 77.2 Å². The van der Waals surface area contributed by atoms with Crippen LogP contribution in [0.15, 0.2) is 16.7 Å². The summed E-state index contributed by atoms with van der Waals surface area (Å²) >= 11 is 3.24. The Balaban J connectivity index is 2.76. The van der Waals surface area contributed by atoms with Gasteiger partial charge in [-0.2, -0.15) is 0 Å². The van der Waals surface area contributed by atoms with E-state index < -0.39 is 6.04 Å². The van der Waals surface area contributed by atoms with Crippen molar-refractivity contribution in [1.82, 2.24) is 4.98 Å². The Morgan fingerprint density at radius 3 is 2.93 bits per heavy atom. The standard InChI is InChI=1S/C9H12BrN3O2/c1-5(9(14)15-2)13-8-7(11)3-6(10)4-12-8/h3-5H,11H2,1-2H3,(H,12,13). The summed E-state index contributed by atoms with van der Waals surface area (Å²) in [4.78, 5) is 15.2. The SMILES string of the molecule is COC(=O)C(C)Nc1ncc(Br)cc1N. The number of carbonyl (C=O) groups is 1. The minimum absolute atomic E-state index is 0.362. The highest BCUT2D eigenvalue weighted by atomic mass is 79.9. The molecule has 1 rings (SSSR count). The van der Waals surface area contributed by atoms with Crippen LogP contribution in [-0.4, -0.2) is 24.1 Å². The fraction of sp³-hybridized carbons (Fsp3) is 0.333. The number of aromatic nitrogens is 1. The second kappa shape index (κ2) is 4.97. The minimum Gasteiger partial charge on any atom is -0.467 e. The van der Waals surface area contributed by atoms with Gasteiger partial charge >= 0.3 is 5.97 Å². The van der Waals surface area contributed by atoms with Gasteiger partial charge in [0, 0.05) is 10.7 Å². The number of hydrogen-bond acceptors (Lipinski definition) is 5. The fourth-order valence-electron chi connectivity index (χ4n) is 1.02. The molecule has 1 aromatic rings. The predicted octanol–water partition coefficient (Wildman–Crippen LogP) is 1.40. The van der Waals surface area contributed by atoms with Crippen LogP contribution in [0.3, 0.4) is 0 Å². The molecule has 0 spiro atoms. The molecule has 0 aliphatic heterocycles. The number of pyridine rings is 1. The molecule has 0 aromatic carbocycles. The Hall–Kier alpha value is -1.30. The highest BCUT2D eigenvalue weighted by Gasteiger charge is 2.14. The average molecular weight is 274 g/mol. The molecule has 0 aliphatic carbocycles. The van der Waals surface area contributed by atoms with Crippen molar-refractivity contribution in [3.8, 4) is 0 Å². The summed E-state index contributed by atoms with van der Waals surface area (Å²) in [5.41, 5.74) is 6.18. The lowest BCUT2D eigenvalue weighted by molar-refractivity contribution is -0.141. The molecule has 0 fully saturated rings. The molecule has 1 unspecified atom stereocenters. The third kappa shape index (κ3) is 3.09. The van der Waals surface area contributed by atoms with Crippen molar-refractivity contribution in [2.75, 3.05) is 18.2 Å². The molecule has 1 aromatic heterocycles. The fourth-order valence-corrected chi connectivity index (χ4v) is 1.37. The van der Waals surface area contributed by atoms with Gasteiger partial charge in [-0.25, -0.2) is 9.78 Å². The molecule has 0 bridgehead atoms. The number of anilines is 2. The lowest BCUT2D eigenvalue weighted by Crippen LogP contribution is -2.28. The molecule has 1 atom stereocenters. The number of nitrogens with zero attached hydrogens (tertiary/aromatic N) is 1. The first kappa shape index (κ1) is 11.8. The monoisotopic (exact) mass is 273 g/mol. The third-order valence-corrected chi connectivity index (χ3v) is 2.23. The summed E-state index contributed by atoms with van der Waals surface area (Å²) in [5, 5.41) is 2.86. The minimum atomic E-state index is -0.481. The van der Waals surface area contributed by atoms with Gasteiger partial charge in [0.15, 0.2) is 0 Å². The first-order valence-corrected chi connectivity index (χ1v) is 5.09. The van der Waals surface area contributed by atoms with Crippen LogP contribution >= 0.6 is 15.9 Å². The Morgan fingerprint density at radius 2 is 2.40 bits per heavy atom. The highest BCUT2D eigenvalue weighted by molar-refractivity contribution is 9.10. The van der Waals surface area contributed by atoms with Crippen LogP contribution in [0.5, 0.6) is 0 Å². The molecule has 0 saturated heterocycles. The number of esters is 1. The van der Waals surface area contributed by atoms with Gasteiger partial charge in [0.1, 0.15) is 11.9 Å². The van der Waals surface area contributed by atoms with Crippen molar-refractivity contribution in [2.45, 2.75) is 13.0 Å². The normalized spacial score (nSPS) is 11.9. The van der Waals surface area contributed by atoms with E-state index in [1.807, 2.05) is 0 Å². The van der Waals surface area contributed by atoms with E-state index >= 15 is 0 Å². The zero-order valence-electron chi connectivity index (χ0n) is 8.45. The van der Waals surface area contributed by atoms with Crippen LogP contribution in [0.25, 0.3) is 0 Å². The predicted molar refractivity (Wildman–Crippen MR) is 61.5 cm³/mol. The Kier molecular flexibility index (Phi) is 3.90. The maximum absolute atomic E-state index is 11.1. The second-order valence-corrected chi connectivity index (χ2v) is 3.90. The Bertz CT molecular complexity index is 370. The number of halogens is 1. The number of carbonyl (C=O) groups excluding carboxylic acids is 1. The zero-order chi connectivity index (χ0) is 11.4. The molecule has 0 aliphatic rings. The average Bonchev–Trinajstić information content (AvgIpc) is 2.20. The zero-order valence-corrected chi connectivity index (χ0v) is 10.0. The van der Waals surface area contributed by atoms with Crippen molar-refractivity contribution >= 4 is 33.4 Å². The van der Waals surface area contributed by atoms with Crippen LogP contribution in [0.1, 0.15) is 6.92 Å². The summed E-state index contributed by atoms with van der Waals surface area (Å²) in [6, 6.07) is 1.23. The van der Waals surface area contributed by atoms with Gasteiger partial charge in [0.2, 0.25) is 0 Å². The van der Waals surface area contributed by atoms with Crippen LogP contribution < -0.4 is 11.1 Å². The second-order valence-electron chi connectivity index (χ2n) is 2.98. The molecule has 1 heterocycles. The van der Waals surface area contributed by atoms with Crippen LogP contribution in [0.4, 0.5) is 11.5 Å². The Morgan fingerprint density at radius 1 is 1.73 bits per heavy atom. The van der Waals surface area contributed by atoms with Gasteiger partial charge < -0.3 is 15.8 Å². The molecular weight excluding hydrogens is 262 g/mol. The number of methoxy groups -OCH3 is 1. The smallest absolute Gasteiger partial charge is 0.328 e. The van der Waals surface area contributed by atoms with E-state index in [0.29, 0.717) is 11.5 Å². The van der Waals surface area contributed by atoms with Crippen molar-refractivity contribution in [2.24, 2.45) is 0 Å². The number of ether oxygens (including phenoxy) is 1. The van der Waals surface area contributed by atoms with Crippen LogP contribution in [-0.2, 0) is 9.53 Å². The molecule has 15 heavy (non-hydrogen) atoms. The molecule has 5 nitrogen and oxygen atoms in total. The molecular formula is C9H12BrN3O2. The molecule has 82 valence electrons. The van der Waals surface area contributed by atoms with E-state index in [-0.39, 0.29) is 5.97 Å². The van der Waals surface area contributed by atoms with Crippen LogP contribution in [0.2, 0.25) is 0 Å². The highest BCUT2D eigenvalue weighted by Crippen LogP contribution is 2.20. The maximum atomic E-state index is 11.1.